The zero-order valence-corrected chi connectivity index (χ0v) is 15.5. The SMILES string of the molecule is CCN(Cc1ccccc1)C(=O)C(C)(C)C(=O)Nc1ccc(Cl)cc1. The minimum atomic E-state index is -1.18. The molecule has 0 radical (unpaired) electrons. The van der Waals surface area contributed by atoms with Crippen LogP contribution in [0.25, 0.3) is 0 Å². The van der Waals surface area contributed by atoms with Gasteiger partial charge in [0.2, 0.25) is 11.8 Å². The number of nitrogens with one attached hydrogen (secondary N) is 1. The second kappa shape index (κ2) is 8.17. The average molecular weight is 359 g/mol. The molecule has 0 unspecified atom stereocenters. The van der Waals surface area contributed by atoms with Crippen LogP contribution in [-0.2, 0) is 16.1 Å². The molecule has 0 fully saturated rings. The molecule has 2 aromatic carbocycles. The van der Waals surface area contributed by atoms with E-state index in [0.29, 0.717) is 23.8 Å². The van der Waals surface area contributed by atoms with Crippen molar-refractivity contribution in [3.63, 3.8) is 0 Å². The quantitative estimate of drug-likeness (QED) is 0.780. The molecule has 2 amide bonds. The minimum absolute atomic E-state index is 0.203. The molecule has 2 rings (SSSR count). The Morgan fingerprint density at radius 1 is 1.04 bits per heavy atom. The zero-order chi connectivity index (χ0) is 18.4. The standard InChI is InChI=1S/C20H23ClN2O2/c1-4-23(14-15-8-6-5-7-9-15)19(25)20(2,3)18(24)22-17-12-10-16(21)11-13-17/h5-13H,4,14H2,1-3H3,(H,22,24). The molecule has 0 saturated carbocycles. The normalized spacial score (nSPS) is 11.0. The highest BCUT2D eigenvalue weighted by atomic mass is 35.5. The van der Waals surface area contributed by atoms with Gasteiger partial charge in [0, 0.05) is 23.8 Å². The largest absolute Gasteiger partial charge is 0.338 e. The van der Waals surface area contributed by atoms with Crippen molar-refractivity contribution in [3.05, 3.63) is 65.2 Å². The molecule has 0 bridgehead atoms. The van der Waals surface area contributed by atoms with Crippen molar-refractivity contribution < 1.29 is 9.59 Å². The summed E-state index contributed by atoms with van der Waals surface area (Å²) in [4.78, 5) is 27.3. The van der Waals surface area contributed by atoms with Crippen LogP contribution in [0, 0.1) is 5.41 Å². The Hall–Kier alpha value is -2.33. The number of halogens is 1. The van der Waals surface area contributed by atoms with Crippen LogP contribution >= 0.6 is 11.6 Å². The summed E-state index contributed by atoms with van der Waals surface area (Å²) >= 11 is 5.85. The number of hydrogen-bond donors (Lipinski definition) is 1. The fourth-order valence-corrected chi connectivity index (χ4v) is 2.57. The van der Waals surface area contributed by atoms with Gasteiger partial charge in [0.15, 0.2) is 0 Å². The maximum atomic E-state index is 12.9. The Morgan fingerprint density at radius 3 is 2.20 bits per heavy atom. The van der Waals surface area contributed by atoms with E-state index in [-0.39, 0.29) is 11.8 Å². The number of carbonyl (C=O) groups is 2. The van der Waals surface area contributed by atoms with Gasteiger partial charge < -0.3 is 10.2 Å². The molecule has 132 valence electrons. The smallest absolute Gasteiger partial charge is 0.239 e. The summed E-state index contributed by atoms with van der Waals surface area (Å²) in [6.45, 7) is 6.22. The highest BCUT2D eigenvalue weighted by molar-refractivity contribution is 6.30. The number of rotatable bonds is 6. The van der Waals surface area contributed by atoms with Crippen LogP contribution in [0.4, 0.5) is 5.69 Å². The summed E-state index contributed by atoms with van der Waals surface area (Å²) in [5.74, 6) is -0.545. The Morgan fingerprint density at radius 2 is 1.64 bits per heavy atom. The van der Waals surface area contributed by atoms with Crippen molar-refractivity contribution in [2.75, 3.05) is 11.9 Å². The van der Waals surface area contributed by atoms with Crippen LogP contribution in [0.3, 0.4) is 0 Å². The molecule has 0 aliphatic heterocycles. The first-order valence-corrected chi connectivity index (χ1v) is 8.62. The third-order valence-corrected chi connectivity index (χ3v) is 4.34. The average Bonchev–Trinajstić information content (AvgIpc) is 2.61. The molecule has 1 N–H and O–H groups in total. The third kappa shape index (κ3) is 4.83. The number of carbonyl (C=O) groups excluding carboxylic acids is 2. The monoisotopic (exact) mass is 358 g/mol. The van der Waals surface area contributed by atoms with Crippen molar-refractivity contribution >= 4 is 29.1 Å². The molecule has 4 nitrogen and oxygen atoms in total. The van der Waals surface area contributed by atoms with E-state index in [2.05, 4.69) is 5.32 Å². The van der Waals surface area contributed by atoms with Gasteiger partial charge in [0.05, 0.1) is 0 Å². The van der Waals surface area contributed by atoms with E-state index < -0.39 is 5.41 Å². The number of nitrogens with zero attached hydrogens (tertiary/aromatic N) is 1. The Bertz CT molecular complexity index is 727. The molecule has 0 spiro atoms. The maximum absolute atomic E-state index is 12.9. The predicted octanol–water partition coefficient (Wildman–Crippen LogP) is 4.35. The van der Waals surface area contributed by atoms with Gasteiger partial charge in [-0.3, -0.25) is 9.59 Å². The first kappa shape index (κ1) is 19.0. The maximum Gasteiger partial charge on any atom is 0.239 e. The molecule has 0 saturated heterocycles. The lowest BCUT2D eigenvalue weighted by Gasteiger charge is -2.30. The van der Waals surface area contributed by atoms with E-state index in [1.165, 1.54) is 0 Å². The molecular formula is C20H23ClN2O2. The van der Waals surface area contributed by atoms with Crippen molar-refractivity contribution in [2.24, 2.45) is 5.41 Å². The predicted molar refractivity (Wildman–Crippen MR) is 101 cm³/mol. The van der Waals surface area contributed by atoms with Gasteiger partial charge in [-0.2, -0.15) is 0 Å². The van der Waals surface area contributed by atoms with Crippen LogP contribution in [0.15, 0.2) is 54.6 Å². The van der Waals surface area contributed by atoms with Crippen molar-refractivity contribution in [1.29, 1.82) is 0 Å². The Kier molecular flexibility index (Phi) is 6.21. The minimum Gasteiger partial charge on any atom is -0.338 e. The summed E-state index contributed by atoms with van der Waals surface area (Å²) in [6.07, 6.45) is 0. The topological polar surface area (TPSA) is 49.4 Å². The number of hydrogen-bond acceptors (Lipinski definition) is 2. The summed E-state index contributed by atoms with van der Waals surface area (Å²) in [5, 5.41) is 3.38. The lowest BCUT2D eigenvalue weighted by Crippen LogP contribution is -2.47. The van der Waals surface area contributed by atoms with Crippen LogP contribution in [-0.4, -0.2) is 23.3 Å². The number of amides is 2. The molecule has 0 aromatic heterocycles. The first-order valence-electron chi connectivity index (χ1n) is 8.25. The Balaban J connectivity index is 2.10. The van der Waals surface area contributed by atoms with E-state index in [0.717, 1.165) is 5.56 Å². The summed E-state index contributed by atoms with van der Waals surface area (Å²) in [7, 11) is 0. The van der Waals surface area contributed by atoms with Crippen LogP contribution in [0.1, 0.15) is 26.3 Å². The van der Waals surface area contributed by atoms with E-state index >= 15 is 0 Å². The molecular weight excluding hydrogens is 336 g/mol. The van der Waals surface area contributed by atoms with Gasteiger partial charge in [0.1, 0.15) is 5.41 Å². The molecule has 0 aliphatic carbocycles. The molecule has 2 aromatic rings. The second-order valence-corrected chi connectivity index (χ2v) is 6.83. The molecule has 25 heavy (non-hydrogen) atoms. The van der Waals surface area contributed by atoms with Gasteiger partial charge in [-0.15, -0.1) is 0 Å². The third-order valence-electron chi connectivity index (χ3n) is 4.09. The lowest BCUT2D eigenvalue weighted by atomic mass is 9.90. The van der Waals surface area contributed by atoms with E-state index in [1.54, 1.807) is 43.0 Å². The number of anilines is 1. The van der Waals surface area contributed by atoms with Crippen LogP contribution < -0.4 is 5.32 Å². The lowest BCUT2D eigenvalue weighted by molar-refractivity contribution is -0.146. The molecule has 0 atom stereocenters. The van der Waals surface area contributed by atoms with E-state index in [9.17, 15) is 9.59 Å². The van der Waals surface area contributed by atoms with Crippen molar-refractivity contribution in [1.82, 2.24) is 4.90 Å². The van der Waals surface area contributed by atoms with Gasteiger partial charge in [0.25, 0.3) is 0 Å². The van der Waals surface area contributed by atoms with Crippen molar-refractivity contribution in [3.8, 4) is 0 Å². The van der Waals surface area contributed by atoms with Crippen LogP contribution in [0.2, 0.25) is 5.02 Å². The zero-order valence-electron chi connectivity index (χ0n) is 14.8. The van der Waals surface area contributed by atoms with Crippen LogP contribution in [0.5, 0.6) is 0 Å². The molecule has 0 heterocycles. The highest BCUT2D eigenvalue weighted by Gasteiger charge is 2.38. The van der Waals surface area contributed by atoms with Gasteiger partial charge >= 0.3 is 0 Å². The van der Waals surface area contributed by atoms with Gasteiger partial charge in [-0.1, -0.05) is 41.9 Å². The van der Waals surface area contributed by atoms with E-state index in [4.69, 9.17) is 11.6 Å². The fraction of sp³-hybridized carbons (Fsp3) is 0.300. The van der Waals surface area contributed by atoms with Crippen molar-refractivity contribution in [2.45, 2.75) is 27.3 Å². The molecule has 5 heteroatoms. The summed E-state index contributed by atoms with van der Waals surface area (Å²) < 4.78 is 0. The van der Waals surface area contributed by atoms with E-state index in [1.807, 2.05) is 37.3 Å². The Labute approximate surface area is 153 Å². The second-order valence-electron chi connectivity index (χ2n) is 6.39. The summed E-state index contributed by atoms with van der Waals surface area (Å²) in [6, 6.07) is 16.6. The molecule has 0 aliphatic rings. The highest BCUT2D eigenvalue weighted by Crippen LogP contribution is 2.24. The van der Waals surface area contributed by atoms with Gasteiger partial charge in [-0.05, 0) is 50.6 Å². The first-order chi connectivity index (χ1) is 11.8. The fourth-order valence-electron chi connectivity index (χ4n) is 2.44. The number of benzene rings is 2. The summed E-state index contributed by atoms with van der Waals surface area (Å²) in [5.41, 5.74) is 0.470. The van der Waals surface area contributed by atoms with Gasteiger partial charge in [-0.25, -0.2) is 0 Å².